The molecule has 82 valence electrons. The van der Waals surface area contributed by atoms with E-state index in [0.717, 1.165) is 25.3 Å². The molecule has 0 bridgehead atoms. The molecule has 15 heavy (non-hydrogen) atoms. The average molecular weight is 206 g/mol. The summed E-state index contributed by atoms with van der Waals surface area (Å²) in [6.07, 6.45) is 1.72. The van der Waals surface area contributed by atoms with Crippen molar-refractivity contribution in [1.29, 1.82) is 0 Å². The molecule has 4 nitrogen and oxygen atoms in total. The molecule has 0 saturated carbocycles. The van der Waals surface area contributed by atoms with E-state index in [-0.39, 0.29) is 0 Å². The maximum atomic E-state index is 4.13. The van der Waals surface area contributed by atoms with Crippen molar-refractivity contribution in [1.82, 2.24) is 20.4 Å². The Kier molecular flexibility index (Phi) is 3.28. The monoisotopic (exact) mass is 206 g/mol. The van der Waals surface area contributed by atoms with Crippen LogP contribution in [-0.4, -0.2) is 40.3 Å². The topological polar surface area (TPSA) is 41.0 Å². The van der Waals surface area contributed by atoms with Crippen LogP contribution in [0.25, 0.3) is 0 Å². The molecule has 2 atom stereocenters. The molecule has 4 heteroatoms. The van der Waals surface area contributed by atoms with Crippen LogP contribution in [0, 0.1) is 0 Å². The van der Waals surface area contributed by atoms with E-state index >= 15 is 0 Å². The van der Waals surface area contributed by atoms with Gasteiger partial charge in [0.05, 0.1) is 5.69 Å². The number of piperazine rings is 1. The fraction of sp³-hybridized carbons (Fsp3) is 0.636. The second-order valence-electron chi connectivity index (χ2n) is 4.24. The summed E-state index contributed by atoms with van der Waals surface area (Å²) in [4.78, 5) is 2.47. The van der Waals surface area contributed by atoms with Crippen molar-refractivity contribution < 1.29 is 0 Å². The molecule has 1 saturated heterocycles. The third kappa shape index (κ3) is 2.52. The normalized spacial score (nSPS) is 27.9. The minimum Gasteiger partial charge on any atom is -0.314 e. The number of nitrogens with one attached hydrogen (secondary N) is 1. The summed E-state index contributed by atoms with van der Waals surface area (Å²) in [5, 5.41) is 11.5. The van der Waals surface area contributed by atoms with Crippen molar-refractivity contribution in [2.75, 3.05) is 13.1 Å². The molecule has 0 spiro atoms. The number of hydrogen-bond acceptors (Lipinski definition) is 4. The van der Waals surface area contributed by atoms with E-state index in [0.29, 0.717) is 12.1 Å². The summed E-state index contributed by atoms with van der Waals surface area (Å²) in [6.45, 7) is 7.52. The molecule has 0 radical (unpaired) electrons. The second-order valence-corrected chi connectivity index (χ2v) is 4.24. The highest BCUT2D eigenvalue weighted by Crippen LogP contribution is 2.12. The summed E-state index contributed by atoms with van der Waals surface area (Å²) in [5.41, 5.74) is 1.05. The van der Waals surface area contributed by atoms with Gasteiger partial charge in [-0.2, -0.15) is 10.2 Å². The Morgan fingerprint density at radius 2 is 2.13 bits per heavy atom. The minimum absolute atomic E-state index is 0.566. The molecular weight excluding hydrogens is 188 g/mol. The van der Waals surface area contributed by atoms with E-state index in [1.54, 1.807) is 6.20 Å². The maximum absolute atomic E-state index is 4.13. The zero-order valence-corrected chi connectivity index (χ0v) is 9.35. The van der Waals surface area contributed by atoms with Crippen LogP contribution in [0.2, 0.25) is 0 Å². The minimum atomic E-state index is 0.566. The Hall–Kier alpha value is -1.00. The largest absolute Gasteiger partial charge is 0.314 e. The van der Waals surface area contributed by atoms with Crippen molar-refractivity contribution in [3.05, 3.63) is 24.0 Å². The first kappa shape index (κ1) is 10.5. The van der Waals surface area contributed by atoms with Crippen molar-refractivity contribution >= 4 is 0 Å². The summed E-state index contributed by atoms with van der Waals surface area (Å²) in [7, 11) is 0. The molecule has 1 N–H and O–H groups in total. The predicted octanol–water partition coefficient (Wildman–Crippen LogP) is 0.659. The molecule has 1 aromatic rings. The van der Waals surface area contributed by atoms with Gasteiger partial charge in [-0.3, -0.25) is 4.90 Å². The van der Waals surface area contributed by atoms with Gasteiger partial charge in [0.2, 0.25) is 0 Å². The molecule has 0 aromatic carbocycles. The van der Waals surface area contributed by atoms with Crippen LogP contribution in [0.5, 0.6) is 0 Å². The number of rotatable bonds is 2. The van der Waals surface area contributed by atoms with E-state index in [1.165, 1.54) is 0 Å². The molecule has 1 aliphatic rings. The van der Waals surface area contributed by atoms with Crippen LogP contribution in [0.4, 0.5) is 0 Å². The van der Waals surface area contributed by atoms with Crippen LogP contribution in [0.3, 0.4) is 0 Å². The highest BCUT2D eigenvalue weighted by molar-refractivity contribution is 5.00. The predicted molar refractivity (Wildman–Crippen MR) is 59.4 cm³/mol. The summed E-state index contributed by atoms with van der Waals surface area (Å²) < 4.78 is 0. The van der Waals surface area contributed by atoms with Gasteiger partial charge >= 0.3 is 0 Å². The fourth-order valence-electron chi connectivity index (χ4n) is 2.09. The van der Waals surface area contributed by atoms with Gasteiger partial charge in [0.15, 0.2) is 0 Å². The Labute approximate surface area is 90.7 Å². The Balaban J connectivity index is 2.03. The highest BCUT2D eigenvalue weighted by atomic mass is 15.3. The first-order chi connectivity index (χ1) is 7.27. The number of hydrogen-bond donors (Lipinski definition) is 1. The zero-order chi connectivity index (χ0) is 10.7. The zero-order valence-electron chi connectivity index (χ0n) is 9.35. The standard InChI is InChI=1S/C11H18N4/c1-9-6-12-7-10(2)15(9)8-11-4-3-5-13-14-11/h3-5,9-10,12H,6-8H2,1-2H3/t9-,10-/m0/s1. The van der Waals surface area contributed by atoms with E-state index < -0.39 is 0 Å². The first-order valence-corrected chi connectivity index (χ1v) is 5.50. The summed E-state index contributed by atoms with van der Waals surface area (Å²) in [5.74, 6) is 0. The Morgan fingerprint density at radius 1 is 1.40 bits per heavy atom. The molecule has 2 heterocycles. The molecule has 0 unspecified atom stereocenters. The summed E-state index contributed by atoms with van der Waals surface area (Å²) in [6, 6.07) is 5.11. The molecule has 1 aliphatic heterocycles. The lowest BCUT2D eigenvalue weighted by molar-refractivity contribution is 0.107. The average Bonchev–Trinajstić information content (AvgIpc) is 2.25. The van der Waals surface area contributed by atoms with Crippen molar-refractivity contribution in [2.45, 2.75) is 32.5 Å². The third-order valence-electron chi connectivity index (χ3n) is 2.98. The van der Waals surface area contributed by atoms with Gasteiger partial charge in [-0.15, -0.1) is 0 Å². The van der Waals surface area contributed by atoms with E-state index in [1.807, 2.05) is 12.1 Å². The van der Waals surface area contributed by atoms with E-state index in [4.69, 9.17) is 0 Å². The van der Waals surface area contributed by atoms with Crippen LogP contribution < -0.4 is 5.32 Å². The van der Waals surface area contributed by atoms with Gasteiger partial charge in [0, 0.05) is 37.9 Å². The van der Waals surface area contributed by atoms with Gasteiger partial charge < -0.3 is 5.32 Å². The van der Waals surface area contributed by atoms with Gasteiger partial charge in [-0.25, -0.2) is 0 Å². The molecule has 0 amide bonds. The smallest absolute Gasteiger partial charge is 0.0771 e. The SMILES string of the molecule is C[C@H]1CNC[C@H](C)N1Cc1cccnn1. The Morgan fingerprint density at radius 3 is 2.73 bits per heavy atom. The lowest BCUT2D eigenvalue weighted by atomic mass is 10.1. The molecular formula is C11H18N4. The quantitative estimate of drug-likeness (QED) is 0.771. The number of nitrogens with zero attached hydrogens (tertiary/aromatic N) is 3. The third-order valence-corrected chi connectivity index (χ3v) is 2.98. The second kappa shape index (κ2) is 4.68. The van der Waals surface area contributed by atoms with Gasteiger partial charge in [0.25, 0.3) is 0 Å². The first-order valence-electron chi connectivity index (χ1n) is 5.50. The van der Waals surface area contributed by atoms with E-state index in [9.17, 15) is 0 Å². The number of aromatic nitrogens is 2. The molecule has 0 aliphatic carbocycles. The summed E-state index contributed by atoms with van der Waals surface area (Å²) >= 11 is 0. The van der Waals surface area contributed by atoms with Crippen molar-refractivity contribution in [3.8, 4) is 0 Å². The van der Waals surface area contributed by atoms with Crippen LogP contribution in [-0.2, 0) is 6.54 Å². The van der Waals surface area contributed by atoms with E-state index in [2.05, 4.69) is 34.3 Å². The van der Waals surface area contributed by atoms with Crippen LogP contribution >= 0.6 is 0 Å². The van der Waals surface area contributed by atoms with Crippen LogP contribution in [0.1, 0.15) is 19.5 Å². The van der Waals surface area contributed by atoms with Gasteiger partial charge in [-0.05, 0) is 26.0 Å². The fourth-order valence-corrected chi connectivity index (χ4v) is 2.09. The lowest BCUT2D eigenvalue weighted by Gasteiger charge is -2.39. The maximum Gasteiger partial charge on any atom is 0.0771 e. The molecule has 1 fully saturated rings. The van der Waals surface area contributed by atoms with Crippen molar-refractivity contribution in [3.63, 3.8) is 0 Å². The Bertz CT molecular complexity index is 291. The van der Waals surface area contributed by atoms with Crippen LogP contribution in [0.15, 0.2) is 18.3 Å². The van der Waals surface area contributed by atoms with Gasteiger partial charge in [-0.1, -0.05) is 0 Å². The molecule has 2 rings (SSSR count). The highest BCUT2D eigenvalue weighted by Gasteiger charge is 2.24. The van der Waals surface area contributed by atoms with Gasteiger partial charge in [0.1, 0.15) is 0 Å². The molecule has 1 aromatic heterocycles. The van der Waals surface area contributed by atoms with Crippen molar-refractivity contribution in [2.24, 2.45) is 0 Å². The lowest BCUT2D eigenvalue weighted by Crippen LogP contribution is -2.54.